The number of piperidine rings is 1. The molecular weight excluding hydrogens is 324 g/mol. The van der Waals surface area contributed by atoms with Crippen LogP contribution in [0.25, 0.3) is 0 Å². The molecule has 0 radical (unpaired) electrons. The van der Waals surface area contributed by atoms with Crippen LogP contribution in [0.2, 0.25) is 0 Å². The summed E-state index contributed by atoms with van der Waals surface area (Å²) in [5, 5.41) is 3.33. The van der Waals surface area contributed by atoms with E-state index in [9.17, 15) is 9.59 Å². The lowest BCUT2D eigenvalue weighted by atomic mass is 10.0. The van der Waals surface area contributed by atoms with Crippen LogP contribution in [0.15, 0.2) is 24.3 Å². The maximum atomic E-state index is 12.6. The molecule has 134 valence electrons. The van der Waals surface area contributed by atoms with Gasteiger partial charge in [-0.2, -0.15) is 0 Å². The Morgan fingerprint density at radius 2 is 1.75 bits per heavy atom. The largest absolute Gasteiger partial charge is 0.340 e. The molecule has 1 amide bonds. The molecule has 5 heteroatoms. The molecule has 0 aromatic heterocycles. The van der Waals surface area contributed by atoms with Crippen molar-refractivity contribution in [2.24, 2.45) is 0 Å². The second kappa shape index (κ2) is 10.5. The first-order valence-electron chi connectivity index (χ1n) is 8.72. The Hall–Kier alpha value is -1.39. The van der Waals surface area contributed by atoms with E-state index in [1.807, 2.05) is 36.1 Å². The average Bonchev–Trinajstić information content (AvgIpc) is 2.58. The van der Waals surface area contributed by atoms with Crippen LogP contribution in [0.1, 0.15) is 54.9 Å². The van der Waals surface area contributed by atoms with E-state index >= 15 is 0 Å². The molecule has 1 fully saturated rings. The zero-order chi connectivity index (χ0) is 16.7. The number of carbonyl (C=O) groups excluding carboxylic acids is 2. The highest BCUT2D eigenvalue weighted by atomic mass is 35.5. The standard InChI is InChI=1S/C19H28N2O2.ClH/c1-3-14-21(17-10-12-20-13-11-17)19(23)9-8-18(22)16-6-4-15(2)5-7-16;/h4-7,17,20H,3,8-14H2,1-2H3;1H. The van der Waals surface area contributed by atoms with E-state index in [2.05, 4.69) is 12.2 Å². The van der Waals surface area contributed by atoms with Crippen molar-refractivity contribution in [2.75, 3.05) is 19.6 Å². The van der Waals surface area contributed by atoms with Gasteiger partial charge in [0.2, 0.25) is 5.91 Å². The van der Waals surface area contributed by atoms with Crippen LogP contribution in [0.4, 0.5) is 0 Å². The van der Waals surface area contributed by atoms with Gasteiger partial charge in [-0.3, -0.25) is 9.59 Å². The zero-order valence-electron chi connectivity index (χ0n) is 14.7. The van der Waals surface area contributed by atoms with Crippen molar-refractivity contribution >= 4 is 24.1 Å². The number of hydrogen-bond donors (Lipinski definition) is 1. The summed E-state index contributed by atoms with van der Waals surface area (Å²) in [4.78, 5) is 26.8. The fourth-order valence-electron chi connectivity index (χ4n) is 3.12. The molecule has 1 aliphatic rings. The second-order valence-corrected chi connectivity index (χ2v) is 6.36. The molecule has 1 aromatic carbocycles. The van der Waals surface area contributed by atoms with Gasteiger partial charge in [0.05, 0.1) is 0 Å². The average molecular weight is 353 g/mol. The van der Waals surface area contributed by atoms with Crippen LogP contribution in [0.5, 0.6) is 0 Å². The topological polar surface area (TPSA) is 49.4 Å². The van der Waals surface area contributed by atoms with Gasteiger partial charge in [-0.05, 0) is 39.3 Å². The molecule has 1 heterocycles. The molecule has 0 atom stereocenters. The smallest absolute Gasteiger partial charge is 0.223 e. The maximum absolute atomic E-state index is 12.6. The Labute approximate surface area is 151 Å². The first kappa shape index (κ1) is 20.7. The molecule has 2 rings (SSSR count). The molecule has 0 bridgehead atoms. The van der Waals surface area contributed by atoms with Crippen LogP contribution >= 0.6 is 12.4 Å². The van der Waals surface area contributed by atoms with Crippen molar-refractivity contribution in [3.63, 3.8) is 0 Å². The van der Waals surface area contributed by atoms with Gasteiger partial charge in [0, 0.05) is 31.0 Å². The van der Waals surface area contributed by atoms with Crippen molar-refractivity contribution in [3.8, 4) is 0 Å². The SMILES string of the molecule is CCCN(C(=O)CCC(=O)c1ccc(C)cc1)C1CCNCC1.Cl. The number of carbonyl (C=O) groups is 2. The van der Waals surface area contributed by atoms with E-state index in [0.717, 1.165) is 44.5 Å². The van der Waals surface area contributed by atoms with E-state index < -0.39 is 0 Å². The molecule has 1 saturated heterocycles. The summed E-state index contributed by atoms with van der Waals surface area (Å²) < 4.78 is 0. The summed E-state index contributed by atoms with van der Waals surface area (Å²) in [5.74, 6) is 0.180. The van der Waals surface area contributed by atoms with Crippen LogP contribution in [-0.4, -0.2) is 42.3 Å². The van der Waals surface area contributed by atoms with Crippen LogP contribution in [0, 0.1) is 6.92 Å². The van der Waals surface area contributed by atoms with Crippen LogP contribution in [-0.2, 0) is 4.79 Å². The number of nitrogens with one attached hydrogen (secondary N) is 1. The molecule has 1 N–H and O–H groups in total. The third-order valence-electron chi connectivity index (χ3n) is 4.47. The highest BCUT2D eigenvalue weighted by Crippen LogP contribution is 2.15. The van der Waals surface area contributed by atoms with E-state index in [1.54, 1.807) is 0 Å². The fourth-order valence-corrected chi connectivity index (χ4v) is 3.12. The molecule has 4 nitrogen and oxygen atoms in total. The lowest BCUT2D eigenvalue weighted by molar-refractivity contribution is -0.134. The number of ketones is 1. The molecular formula is C19H29ClN2O2. The molecule has 24 heavy (non-hydrogen) atoms. The molecule has 0 spiro atoms. The molecule has 0 unspecified atom stereocenters. The Bertz CT molecular complexity index is 525. The van der Waals surface area contributed by atoms with E-state index in [4.69, 9.17) is 0 Å². The summed E-state index contributed by atoms with van der Waals surface area (Å²) in [5.41, 5.74) is 1.84. The number of amides is 1. The van der Waals surface area contributed by atoms with Crippen molar-refractivity contribution in [1.82, 2.24) is 10.2 Å². The number of rotatable bonds is 7. The summed E-state index contributed by atoms with van der Waals surface area (Å²) in [6.07, 6.45) is 3.60. The molecule has 1 aromatic rings. The lowest BCUT2D eigenvalue weighted by Gasteiger charge is -2.34. The van der Waals surface area contributed by atoms with Crippen molar-refractivity contribution < 1.29 is 9.59 Å². The number of benzene rings is 1. The maximum Gasteiger partial charge on any atom is 0.223 e. The predicted molar refractivity (Wildman–Crippen MR) is 99.9 cm³/mol. The fraction of sp³-hybridized carbons (Fsp3) is 0.579. The minimum absolute atomic E-state index is 0. The Balaban J connectivity index is 0.00000288. The Morgan fingerprint density at radius 3 is 2.33 bits per heavy atom. The Morgan fingerprint density at radius 1 is 1.12 bits per heavy atom. The van der Waals surface area contributed by atoms with Crippen molar-refractivity contribution in [1.29, 1.82) is 0 Å². The van der Waals surface area contributed by atoms with Gasteiger partial charge in [-0.1, -0.05) is 36.8 Å². The van der Waals surface area contributed by atoms with Gasteiger partial charge >= 0.3 is 0 Å². The van der Waals surface area contributed by atoms with Gasteiger partial charge in [-0.25, -0.2) is 0 Å². The zero-order valence-corrected chi connectivity index (χ0v) is 15.5. The summed E-state index contributed by atoms with van der Waals surface area (Å²) in [6, 6.07) is 7.90. The van der Waals surface area contributed by atoms with E-state index in [1.165, 1.54) is 0 Å². The van der Waals surface area contributed by atoms with E-state index in [0.29, 0.717) is 24.4 Å². The number of Topliss-reactive ketones (excluding diaryl/α,β-unsaturated/α-hetero) is 1. The number of halogens is 1. The first-order valence-corrected chi connectivity index (χ1v) is 8.72. The third-order valence-corrected chi connectivity index (χ3v) is 4.47. The van der Waals surface area contributed by atoms with Gasteiger partial charge in [0.25, 0.3) is 0 Å². The van der Waals surface area contributed by atoms with Crippen molar-refractivity contribution in [3.05, 3.63) is 35.4 Å². The number of hydrogen-bond acceptors (Lipinski definition) is 3. The highest BCUT2D eigenvalue weighted by Gasteiger charge is 2.24. The quantitative estimate of drug-likeness (QED) is 0.765. The Kier molecular flexibility index (Phi) is 9.01. The predicted octanol–water partition coefficient (Wildman–Crippen LogP) is 3.37. The molecule has 0 saturated carbocycles. The summed E-state index contributed by atoms with van der Waals surface area (Å²) in [6.45, 7) is 6.83. The highest BCUT2D eigenvalue weighted by molar-refractivity contribution is 5.98. The molecule has 0 aliphatic carbocycles. The molecule has 1 aliphatic heterocycles. The van der Waals surface area contributed by atoms with Crippen molar-refractivity contribution in [2.45, 2.75) is 52.0 Å². The van der Waals surface area contributed by atoms with Crippen LogP contribution in [0.3, 0.4) is 0 Å². The normalized spacial score (nSPS) is 14.8. The third kappa shape index (κ3) is 5.91. The van der Waals surface area contributed by atoms with Gasteiger partial charge in [-0.15, -0.1) is 12.4 Å². The summed E-state index contributed by atoms with van der Waals surface area (Å²) >= 11 is 0. The number of nitrogens with zero attached hydrogens (tertiary/aromatic N) is 1. The minimum atomic E-state index is 0. The minimum Gasteiger partial charge on any atom is -0.340 e. The number of aryl methyl sites for hydroxylation is 1. The second-order valence-electron chi connectivity index (χ2n) is 6.36. The van der Waals surface area contributed by atoms with Gasteiger partial charge in [0.15, 0.2) is 5.78 Å². The van der Waals surface area contributed by atoms with Gasteiger partial charge in [0.1, 0.15) is 0 Å². The monoisotopic (exact) mass is 352 g/mol. The summed E-state index contributed by atoms with van der Waals surface area (Å²) in [7, 11) is 0. The van der Waals surface area contributed by atoms with E-state index in [-0.39, 0.29) is 24.1 Å². The first-order chi connectivity index (χ1) is 11.1. The van der Waals surface area contributed by atoms with Crippen LogP contribution < -0.4 is 5.32 Å². The van der Waals surface area contributed by atoms with Gasteiger partial charge < -0.3 is 10.2 Å². The lowest BCUT2D eigenvalue weighted by Crippen LogP contribution is -2.46.